The van der Waals surface area contributed by atoms with Gasteiger partial charge in [0.2, 0.25) is 0 Å². The molecular formula is C23H33N. The average molecular weight is 324 g/mol. The fourth-order valence-corrected chi connectivity index (χ4v) is 3.18. The molecule has 24 heavy (non-hydrogen) atoms. The third kappa shape index (κ3) is 7.21. The quantitative estimate of drug-likeness (QED) is 0.387. The van der Waals surface area contributed by atoms with Gasteiger partial charge in [-0.25, -0.2) is 0 Å². The summed E-state index contributed by atoms with van der Waals surface area (Å²) in [4.78, 5) is 2.52. The monoisotopic (exact) mass is 323 g/mol. The van der Waals surface area contributed by atoms with Crippen molar-refractivity contribution in [2.75, 3.05) is 11.4 Å². The lowest BCUT2D eigenvalue weighted by molar-refractivity contribution is 0.571. The number of para-hydroxylation sites is 1. The summed E-state index contributed by atoms with van der Waals surface area (Å²) >= 11 is 0. The highest BCUT2D eigenvalue weighted by Gasteiger charge is 2.06. The van der Waals surface area contributed by atoms with Crippen LogP contribution in [0.15, 0.2) is 60.7 Å². The molecule has 1 nitrogen and oxygen atoms in total. The lowest BCUT2D eigenvalue weighted by Crippen LogP contribution is -2.23. The van der Waals surface area contributed by atoms with Crippen molar-refractivity contribution < 1.29 is 0 Å². The molecule has 0 aromatic heterocycles. The number of benzene rings is 2. The summed E-state index contributed by atoms with van der Waals surface area (Å²) in [6.45, 7) is 4.43. The van der Waals surface area contributed by atoms with Crippen molar-refractivity contribution in [2.45, 2.75) is 64.8 Å². The van der Waals surface area contributed by atoms with Crippen LogP contribution in [0.5, 0.6) is 0 Å². The van der Waals surface area contributed by atoms with E-state index < -0.39 is 0 Å². The van der Waals surface area contributed by atoms with Crippen molar-refractivity contribution in [3.8, 4) is 0 Å². The Morgan fingerprint density at radius 1 is 0.625 bits per heavy atom. The molecule has 0 aliphatic carbocycles. The summed E-state index contributed by atoms with van der Waals surface area (Å²) in [6.07, 6.45) is 11.0. The highest BCUT2D eigenvalue weighted by atomic mass is 15.1. The molecule has 0 N–H and O–H groups in total. The summed E-state index contributed by atoms with van der Waals surface area (Å²) in [5, 5.41) is 0. The second kappa shape index (κ2) is 11.7. The topological polar surface area (TPSA) is 3.24 Å². The maximum atomic E-state index is 2.52. The first-order valence-electron chi connectivity index (χ1n) is 9.74. The molecule has 0 bridgehead atoms. The molecule has 0 fully saturated rings. The van der Waals surface area contributed by atoms with Gasteiger partial charge in [-0.3, -0.25) is 0 Å². The van der Waals surface area contributed by atoms with Crippen LogP contribution in [0, 0.1) is 0 Å². The van der Waals surface area contributed by atoms with E-state index in [4.69, 9.17) is 0 Å². The van der Waals surface area contributed by atoms with Gasteiger partial charge in [0.05, 0.1) is 0 Å². The van der Waals surface area contributed by atoms with E-state index in [0.717, 1.165) is 13.1 Å². The first-order chi connectivity index (χ1) is 11.9. The Morgan fingerprint density at radius 2 is 1.17 bits per heavy atom. The number of unbranched alkanes of at least 4 members (excludes halogenated alkanes) is 7. The van der Waals surface area contributed by atoms with E-state index >= 15 is 0 Å². The van der Waals surface area contributed by atoms with Crippen LogP contribution in [0.3, 0.4) is 0 Å². The third-order valence-corrected chi connectivity index (χ3v) is 4.62. The molecule has 2 aromatic carbocycles. The van der Waals surface area contributed by atoms with Crippen LogP contribution in [0.1, 0.15) is 63.9 Å². The van der Waals surface area contributed by atoms with Crippen LogP contribution in [0.25, 0.3) is 0 Å². The molecule has 0 atom stereocenters. The first-order valence-corrected chi connectivity index (χ1v) is 9.74. The average Bonchev–Trinajstić information content (AvgIpc) is 2.64. The predicted molar refractivity (Wildman–Crippen MR) is 107 cm³/mol. The fraction of sp³-hybridized carbons (Fsp3) is 0.478. The van der Waals surface area contributed by atoms with Gasteiger partial charge in [0.25, 0.3) is 0 Å². The molecule has 0 aliphatic rings. The van der Waals surface area contributed by atoms with E-state index in [2.05, 4.69) is 72.5 Å². The van der Waals surface area contributed by atoms with E-state index in [-0.39, 0.29) is 0 Å². The Bertz CT molecular complexity index is 520. The van der Waals surface area contributed by atoms with E-state index in [1.54, 1.807) is 0 Å². The molecule has 0 radical (unpaired) electrons. The van der Waals surface area contributed by atoms with Crippen molar-refractivity contribution in [1.29, 1.82) is 0 Å². The first kappa shape index (κ1) is 18.6. The van der Waals surface area contributed by atoms with Crippen molar-refractivity contribution >= 4 is 5.69 Å². The highest BCUT2D eigenvalue weighted by Crippen LogP contribution is 2.18. The minimum atomic E-state index is 1.00. The van der Waals surface area contributed by atoms with Gasteiger partial charge in [-0.2, -0.15) is 0 Å². The maximum Gasteiger partial charge on any atom is 0.0429 e. The highest BCUT2D eigenvalue weighted by molar-refractivity contribution is 5.46. The lowest BCUT2D eigenvalue weighted by atomic mass is 10.1. The molecular weight excluding hydrogens is 290 g/mol. The number of hydrogen-bond acceptors (Lipinski definition) is 1. The van der Waals surface area contributed by atoms with Gasteiger partial charge in [0.1, 0.15) is 0 Å². The second-order valence-corrected chi connectivity index (χ2v) is 6.72. The van der Waals surface area contributed by atoms with Gasteiger partial charge < -0.3 is 4.90 Å². The lowest BCUT2D eigenvalue weighted by Gasteiger charge is -2.25. The Kier molecular flexibility index (Phi) is 9.08. The van der Waals surface area contributed by atoms with Gasteiger partial charge in [-0.05, 0) is 24.1 Å². The van der Waals surface area contributed by atoms with Crippen LogP contribution >= 0.6 is 0 Å². The Labute approximate surface area is 148 Å². The maximum absolute atomic E-state index is 2.52. The molecule has 0 unspecified atom stereocenters. The second-order valence-electron chi connectivity index (χ2n) is 6.72. The minimum absolute atomic E-state index is 1.00. The number of hydrogen-bond donors (Lipinski definition) is 0. The van der Waals surface area contributed by atoms with Crippen LogP contribution in [-0.4, -0.2) is 6.54 Å². The molecule has 0 aliphatic heterocycles. The molecule has 0 spiro atoms. The largest absolute Gasteiger partial charge is 0.367 e. The van der Waals surface area contributed by atoms with Crippen molar-refractivity contribution in [1.82, 2.24) is 0 Å². The SMILES string of the molecule is CCCCCCCCCCN(Cc1ccccc1)c1ccccc1. The van der Waals surface area contributed by atoms with Gasteiger partial charge in [0, 0.05) is 18.8 Å². The van der Waals surface area contributed by atoms with E-state index in [1.807, 2.05) is 0 Å². The van der Waals surface area contributed by atoms with Crippen LogP contribution in [0.2, 0.25) is 0 Å². The van der Waals surface area contributed by atoms with E-state index in [9.17, 15) is 0 Å². The summed E-state index contributed by atoms with van der Waals surface area (Å²) in [5.74, 6) is 0. The Morgan fingerprint density at radius 3 is 1.79 bits per heavy atom. The van der Waals surface area contributed by atoms with Gasteiger partial charge in [-0.1, -0.05) is 100 Å². The van der Waals surface area contributed by atoms with Crippen molar-refractivity contribution in [2.24, 2.45) is 0 Å². The number of rotatable bonds is 12. The van der Waals surface area contributed by atoms with Gasteiger partial charge in [-0.15, -0.1) is 0 Å². The van der Waals surface area contributed by atoms with Crippen LogP contribution in [-0.2, 0) is 6.54 Å². The zero-order chi connectivity index (χ0) is 16.9. The zero-order valence-electron chi connectivity index (χ0n) is 15.3. The smallest absolute Gasteiger partial charge is 0.0429 e. The Hall–Kier alpha value is -1.76. The Balaban J connectivity index is 1.77. The molecule has 1 heteroatoms. The van der Waals surface area contributed by atoms with E-state index in [1.165, 1.54) is 62.6 Å². The fourth-order valence-electron chi connectivity index (χ4n) is 3.18. The predicted octanol–water partition coefficient (Wildman–Crippen LogP) is 6.83. The van der Waals surface area contributed by atoms with Gasteiger partial charge in [0.15, 0.2) is 0 Å². The summed E-state index contributed by atoms with van der Waals surface area (Å²) < 4.78 is 0. The van der Waals surface area contributed by atoms with E-state index in [0.29, 0.717) is 0 Å². The van der Waals surface area contributed by atoms with Crippen LogP contribution in [0.4, 0.5) is 5.69 Å². The van der Waals surface area contributed by atoms with Crippen molar-refractivity contribution in [3.05, 3.63) is 66.2 Å². The number of nitrogens with zero attached hydrogens (tertiary/aromatic N) is 1. The number of anilines is 1. The standard InChI is InChI=1S/C23H33N/c1-2-3-4-5-6-7-8-15-20-24(23-18-13-10-14-19-23)21-22-16-11-9-12-17-22/h9-14,16-19H,2-8,15,20-21H2,1H3. The van der Waals surface area contributed by atoms with Crippen LogP contribution < -0.4 is 4.90 Å². The molecule has 0 amide bonds. The molecule has 0 heterocycles. The van der Waals surface area contributed by atoms with Gasteiger partial charge >= 0.3 is 0 Å². The normalized spacial score (nSPS) is 10.7. The minimum Gasteiger partial charge on any atom is -0.367 e. The van der Waals surface area contributed by atoms with Crippen molar-refractivity contribution in [3.63, 3.8) is 0 Å². The third-order valence-electron chi connectivity index (χ3n) is 4.62. The molecule has 2 rings (SSSR count). The molecule has 130 valence electrons. The zero-order valence-corrected chi connectivity index (χ0v) is 15.3. The molecule has 0 saturated heterocycles. The summed E-state index contributed by atoms with van der Waals surface area (Å²) in [5.41, 5.74) is 2.73. The summed E-state index contributed by atoms with van der Waals surface area (Å²) in [6, 6.07) is 21.6. The summed E-state index contributed by atoms with van der Waals surface area (Å²) in [7, 11) is 0. The molecule has 2 aromatic rings. The molecule has 0 saturated carbocycles.